The molecule has 1 fully saturated rings. The van der Waals surface area contributed by atoms with Gasteiger partial charge in [0.15, 0.2) is 0 Å². The summed E-state index contributed by atoms with van der Waals surface area (Å²) in [5, 5.41) is 7.89. The van der Waals surface area contributed by atoms with E-state index >= 15 is 0 Å². The largest absolute Gasteiger partial charge is 0.459 e. The maximum absolute atomic E-state index is 11.2. The molecule has 2 rings (SSSR count). The first-order valence-corrected chi connectivity index (χ1v) is 6.41. The molecule has 1 aromatic heterocycles. The van der Waals surface area contributed by atoms with Crippen LogP contribution in [0.5, 0.6) is 0 Å². The van der Waals surface area contributed by atoms with Gasteiger partial charge in [-0.3, -0.25) is 0 Å². The Morgan fingerprint density at radius 3 is 3.00 bits per heavy atom. The van der Waals surface area contributed by atoms with Crippen LogP contribution in [-0.4, -0.2) is 28.5 Å². The van der Waals surface area contributed by atoms with Gasteiger partial charge in [0.1, 0.15) is 0 Å². The van der Waals surface area contributed by atoms with Crippen LogP contribution in [0.3, 0.4) is 0 Å². The van der Waals surface area contributed by atoms with Gasteiger partial charge >= 0.3 is 11.9 Å². The van der Waals surface area contributed by atoms with Gasteiger partial charge in [-0.1, -0.05) is 23.3 Å². The Kier molecular flexibility index (Phi) is 3.82. The first-order valence-electron chi connectivity index (χ1n) is 5.43. The molecule has 0 bridgehead atoms. The first kappa shape index (κ1) is 11.4. The summed E-state index contributed by atoms with van der Waals surface area (Å²) in [6, 6.07) is 0. The molecule has 0 spiro atoms. The van der Waals surface area contributed by atoms with Crippen molar-refractivity contribution in [2.45, 2.75) is 31.4 Å². The number of rotatable bonds is 5. The molecule has 1 aromatic rings. The summed E-state index contributed by atoms with van der Waals surface area (Å²) in [6.07, 6.45) is 3.89. The Bertz CT molecular complexity index is 363. The SMILES string of the molecule is CCOC(=O)c1nnc(SCC2CCC2)o1. The second kappa shape index (κ2) is 5.34. The third kappa shape index (κ3) is 2.75. The highest BCUT2D eigenvalue weighted by Crippen LogP contribution is 2.31. The average Bonchev–Trinajstić information content (AvgIpc) is 2.64. The topological polar surface area (TPSA) is 65.2 Å². The zero-order valence-electron chi connectivity index (χ0n) is 9.14. The molecule has 88 valence electrons. The number of hydrogen-bond acceptors (Lipinski definition) is 6. The summed E-state index contributed by atoms with van der Waals surface area (Å²) in [5.41, 5.74) is 0. The molecule has 0 amide bonds. The van der Waals surface area contributed by atoms with Gasteiger partial charge in [0.05, 0.1) is 6.61 Å². The molecular formula is C10H14N2O3S. The molecule has 1 heterocycles. The third-order valence-electron chi connectivity index (χ3n) is 2.52. The van der Waals surface area contributed by atoms with Crippen molar-refractivity contribution in [3.63, 3.8) is 0 Å². The van der Waals surface area contributed by atoms with Crippen molar-refractivity contribution in [2.75, 3.05) is 12.4 Å². The summed E-state index contributed by atoms with van der Waals surface area (Å²) in [4.78, 5) is 11.2. The van der Waals surface area contributed by atoms with Gasteiger partial charge in [-0.25, -0.2) is 4.79 Å². The number of thioether (sulfide) groups is 1. The van der Waals surface area contributed by atoms with Crippen LogP contribution in [0.25, 0.3) is 0 Å². The lowest BCUT2D eigenvalue weighted by Gasteiger charge is -2.23. The van der Waals surface area contributed by atoms with Crippen LogP contribution < -0.4 is 0 Å². The van der Waals surface area contributed by atoms with E-state index in [1.807, 2.05) is 0 Å². The molecule has 1 saturated carbocycles. The molecule has 0 radical (unpaired) electrons. The Morgan fingerprint density at radius 2 is 2.38 bits per heavy atom. The number of aromatic nitrogens is 2. The minimum absolute atomic E-state index is 0.0574. The Hall–Kier alpha value is -1.04. The van der Waals surface area contributed by atoms with Crippen LogP contribution in [0.4, 0.5) is 0 Å². The zero-order chi connectivity index (χ0) is 11.4. The molecule has 16 heavy (non-hydrogen) atoms. The van der Waals surface area contributed by atoms with Crippen molar-refractivity contribution in [3.8, 4) is 0 Å². The fraction of sp³-hybridized carbons (Fsp3) is 0.700. The van der Waals surface area contributed by atoms with Crippen LogP contribution in [0.2, 0.25) is 0 Å². The van der Waals surface area contributed by atoms with E-state index in [0.717, 1.165) is 11.7 Å². The van der Waals surface area contributed by atoms with Gasteiger partial charge in [0, 0.05) is 5.75 Å². The predicted octanol–water partition coefficient (Wildman–Crippen LogP) is 2.14. The van der Waals surface area contributed by atoms with Gasteiger partial charge in [-0.2, -0.15) is 0 Å². The van der Waals surface area contributed by atoms with Crippen LogP contribution in [-0.2, 0) is 4.74 Å². The normalized spacial score (nSPS) is 15.8. The quantitative estimate of drug-likeness (QED) is 0.582. The smallest absolute Gasteiger partial charge is 0.396 e. The maximum Gasteiger partial charge on any atom is 0.396 e. The van der Waals surface area contributed by atoms with Gasteiger partial charge in [0.25, 0.3) is 5.22 Å². The lowest BCUT2D eigenvalue weighted by atomic mass is 9.87. The molecular weight excluding hydrogens is 228 g/mol. The van der Waals surface area contributed by atoms with E-state index in [-0.39, 0.29) is 5.89 Å². The minimum Gasteiger partial charge on any atom is -0.459 e. The fourth-order valence-electron chi connectivity index (χ4n) is 1.39. The molecule has 0 atom stereocenters. The van der Waals surface area contributed by atoms with Gasteiger partial charge in [-0.15, -0.1) is 5.10 Å². The third-order valence-corrected chi connectivity index (χ3v) is 3.57. The van der Waals surface area contributed by atoms with E-state index in [0.29, 0.717) is 11.8 Å². The Labute approximate surface area is 97.9 Å². The van der Waals surface area contributed by atoms with Crippen molar-refractivity contribution in [3.05, 3.63) is 5.89 Å². The van der Waals surface area contributed by atoms with Gasteiger partial charge in [0.2, 0.25) is 0 Å². The molecule has 1 aliphatic rings. The van der Waals surface area contributed by atoms with Crippen molar-refractivity contribution in [1.29, 1.82) is 0 Å². The van der Waals surface area contributed by atoms with Crippen molar-refractivity contribution >= 4 is 17.7 Å². The summed E-state index contributed by atoms with van der Waals surface area (Å²) in [5.74, 6) is 1.15. The number of esters is 1. The molecule has 0 aromatic carbocycles. The summed E-state index contributed by atoms with van der Waals surface area (Å²) in [7, 11) is 0. The molecule has 6 heteroatoms. The highest BCUT2D eigenvalue weighted by atomic mass is 32.2. The standard InChI is InChI=1S/C10H14N2O3S/c1-2-14-9(13)8-11-12-10(15-8)16-6-7-4-3-5-7/h7H,2-6H2,1H3. The van der Waals surface area contributed by atoms with Crippen LogP contribution >= 0.6 is 11.8 Å². The summed E-state index contributed by atoms with van der Waals surface area (Å²) < 4.78 is 9.94. The lowest BCUT2D eigenvalue weighted by Crippen LogP contribution is -2.13. The molecule has 1 aliphatic carbocycles. The second-order valence-corrected chi connectivity index (χ2v) is 4.67. The molecule has 5 nitrogen and oxygen atoms in total. The highest BCUT2D eigenvalue weighted by Gasteiger charge is 2.20. The number of carbonyl (C=O) groups excluding carboxylic acids is 1. The van der Waals surface area contributed by atoms with Crippen molar-refractivity contribution in [1.82, 2.24) is 10.2 Å². The number of ether oxygens (including phenoxy) is 1. The Morgan fingerprint density at radius 1 is 1.56 bits per heavy atom. The monoisotopic (exact) mass is 242 g/mol. The van der Waals surface area contributed by atoms with Gasteiger partial charge in [-0.05, 0) is 25.7 Å². The highest BCUT2D eigenvalue weighted by molar-refractivity contribution is 7.99. The maximum atomic E-state index is 11.2. The van der Waals surface area contributed by atoms with Crippen LogP contribution in [0, 0.1) is 5.92 Å². The minimum atomic E-state index is -0.550. The van der Waals surface area contributed by atoms with E-state index in [1.165, 1.54) is 31.0 Å². The number of hydrogen-bond donors (Lipinski definition) is 0. The molecule has 0 saturated heterocycles. The number of nitrogens with zero attached hydrogens (tertiary/aromatic N) is 2. The van der Waals surface area contributed by atoms with E-state index < -0.39 is 5.97 Å². The second-order valence-electron chi connectivity index (χ2n) is 3.70. The van der Waals surface area contributed by atoms with E-state index in [2.05, 4.69) is 10.2 Å². The van der Waals surface area contributed by atoms with Crippen molar-refractivity contribution < 1.29 is 13.9 Å². The molecule has 0 aliphatic heterocycles. The van der Waals surface area contributed by atoms with Crippen molar-refractivity contribution in [2.24, 2.45) is 5.92 Å². The average molecular weight is 242 g/mol. The van der Waals surface area contributed by atoms with E-state index in [9.17, 15) is 4.79 Å². The van der Waals surface area contributed by atoms with Crippen LogP contribution in [0.1, 0.15) is 36.9 Å². The molecule has 0 unspecified atom stereocenters. The van der Waals surface area contributed by atoms with Gasteiger partial charge < -0.3 is 9.15 Å². The van der Waals surface area contributed by atoms with Crippen LogP contribution in [0.15, 0.2) is 9.64 Å². The molecule has 0 N–H and O–H groups in total. The van der Waals surface area contributed by atoms with E-state index in [1.54, 1.807) is 6.92 Å². The number of carbonyl (C=O) groups is 1. The van der Waals surface area contributed by atoms with E-state index in [4.69, 9.17) is 9.15 Å². The first-order chi connectivity index (χ1) is 7.79. The lowest BCUT2D eigenvalue weighted by molar-refractivity contribution is 0.0475. The predicted molar refractivity (Wildman–Crippen MR) is 58.3 cm³/mol. The zero-order valence-corrected chi connectivity index (χ0v) is 9.96. The summed E-state index contributed by atoms with van der Waals surface area (Å²) in [6.45, 7) is 2.05. The summed E-state index contributed by atoms with van der Waals surface area (Å²) >= 11 is 1.51. The fourth-order valence-corrected chi connectivity index (χ4v) is 2.34. The Balaban J connectivity index is 1.83.